The summed E-state index contributed by atoms with van der Waals surface area (Å²) in [6.07, 6.45) is -2.84. The van der Waals surface area contributed by atoms with Gasteiger partial charge in [-0.25, -0.2) is 19.3 Å². The molecule has 0 spiro atoms. The Kier molecular flexibility index (Phi) is 5.52. The molecule has 0 saturated heterocycles. The highest BCUT2D eigenvalue weighted by Crippen LogP contribution is 2.27. The summed E-state index contributed by atoms with van der Waals surface area (Å²) in [5.74, 6) is -1.59. The van der Waals surface area contributed by atoms with Crippen LogP contribution in [0.4, 0.5) is 29.3 Å². The molecule has 0 aliphatic rings. The standard InChI is InChI=1S/C17H14F4N6O/c1-10-2-4-11(5-3-10)9-28-16-23-8-12(18)14(25-16)26-27-15-22-7-6-13(24-15)17(19,20)21/h2-8H,9H2,1H3,(H,22,24,27)(H,23,25,26). The zero-order valence-corrected chi connectivity index (χ0v) is 14.5. The molecule has 0 fully saturated rings. The quantitative estimate of drug-likeness (QED) is 0.487. The maximum Gasteiger partial charge on any atom is 0.433 e. The first-order valence-electron chi connectivity index (χ1n) is 7.94. The molecule has 0 radical (unpaired) electrons. The van der Waals surface area contributed by atoms with Crippen LogP contribution in [0.3, 0.4) is 0 Å². The summed E-state index contributed by atoms with van der Waals surface area (Å²) in [4.78, 5) is 14.5. The topological polar surface area (TPSA) is 84.9 Å². The second-order valence-corrected chi connectivity index (χ2v) is 5.64. The second-order valence-electron chi connectivity index (χ2n) is 5.64. The molecule has 1 aromatic carbocycles. The average Bonchev–Trinajstić information content (AvgIpc) is 2.67. The van der Waals surface area contributed by atoms with Gasteiger partial charge in [-0.05, 0) is 18.6 Å². The molecule has 2 aromatic heterocycles. The predicted molar refractivity (Wildman–Crippen MR) is 91.8 cm³/mol. The number of aromatic nitrogens is 4. The molecular formula is C17H14F4N6O. The van der Waals surface area contributed by atoms with Gasteiger partial charge in [-0.3, -0.25) is 10.9 Å². The van der Waals surface area contributed by atoms with E-state index >= 15 is 0 Å². The van der Waals surface area contributed by atoms with Crippen LogP contribution in [0.5, 0.6) is 6.01 Å². The van der Waals surface area contributed by atoms with Crippen molar-refractivity contribution in [3.05, 3.63) is 65.4 Å². The summed E-state index contributed by atoms with van der Waals surface area (Å²) < 4.78 is 57.2. The summed E-state index contributed by atoms with van der Waals surface area (Å²) in [7, 11) is 0. The third kappa shape index (κ3) is 5.02. The number of alkyl halides is 3. The number of benzene rings is 1. The molecule has 0 bridgehead atoms. The lowest BCUT2D eigenvalue weighted by molar-refractivity contribution is -0.141. The van der Waals surface area contributed by atoms with Crippen LogP contribution >= 0.6 is 0 Å². The summed E-state index contributed by atoms with van der Waals surface area (Å²) >= 11 is 0. The van der Waals surface area contributed by atoms with E-state index < -0.39 is 23.6 Å². The minimum atomic E-state index is -4.63. The first-order chi connectivity index (χ1) is 13.3. The Morgan fingerprint density at radius 1 is 1.00 bits per heavy atom. The number of ether oxygens (including phenoxy) is 1. The van der Waals surface area contributed by atoms with E-state index in [0.29, 0.717) is 6.07 Å². The van der Waals surface area contributed by atoms with Gasteiger partial charge in [0, 0.05) is 6.20 Å². The second kappa shape index (κ2) is 8.03. The van der Waals surface area contributed by atoms with Crippen LogP contribution in [-0.4, -0.2) is 19.9 Å². The Labute approximate surface area is 156 Å². The van der Waals surface area contributed by atoms with Crippen molar-refractivity contribution in [1.29, 1.82) is 0 Å². The van der Waals surface area contributed by atoms with Gasteiger partial charge >= 0.3 is 12.2 Å². The van der Waals surface area contributed by atoms with Crippen LogP contribution in [0, 0.1) is 12.7 Å². The fourth-order valence-corrected chi connectivity index (χ4v) is 2.03. The molecule has 0 atom stereocenters. The predicted octanol–water partition coefficient (Wildman–Crippen LogP) is 3.75. The van der Waals surface area contributed by atoms with Crippen molar-refractivity contribution in [3.63, 3.8) is 0 Å². The number of nitrogens with zero attached hydrogens (tertiary/aromatic N) is 4. The van der Waals surface area contributed by atoms with Crippen molar-refractivity contribution >= 4 is 11.8 Å². The van der Waals surface area contributed by atoms with Crippen LogP contribution < -0.4 is 15.6 Å². The maximum atomic E-state index is 13.8. The Morgan fingerprint density at radius 2 is 1.75 bits per heavy atom. The third-order valence-electron chi connectivity index (χ3n) is 3.45. The van der Waals surface area contributed by atoms with E-state index in [2.05, 4.69) is 30.8 Å². The fourth-order valence-electron chi connectivity index (χ4n) is 2.03. The number of hydrazine groups is 1. The van der Waals surface area contributed by atoms with Gasteiger partial charge in [0.1, 0.15) is 12.3 Å². The molecule has 0 saturated carbocycles. The van der Waals surface area contributed by atoms with E-state index in [1.165, 1.54) is 0 Å². The molecule has 3 aromatic rings. The number of aryl methyl sites for hydroxylation is 1. The summed E-state index contributed by atoms with van der Waals surface area (Å²) in [6, 6.07) is 8.16. The molecule has 11 heteroatoms. The third-order valence-corrected chi connectivity index (χ3v) is 3.45. The van der Waals surface area contributed by atoms with Gasteiger partial charge < -0.3 is 4.74 Å². The largest absolute Gasteiger partial charge is 0.459 e. The molecule has 7 nitrogen and oxygen atoms in total. The van der Waals surface area contributed by atoms with E-state index in [1.807, 2.05) is 31.2 Å². The molecule has 0 amide bonds. The lowest BCUT2D eigenvalue weighted by Crippen LogP contribution is -2.17. The average molecular weight is 394 g/mol. The van der Waals surface area contributed by atoms with Gasteiger partial charge in [-0.2, -0.15) is 18.2 Å². The molecule has 28 heavy (non-hydrogen) atoms. The Balaban J connectivity index is 1.66. The number of halogens is 4. The van der Waals surface area contributed by atoms with Gasteiger partial charge in [-0.15, -0.1) is 0 Å². The van der Waals surface area contributed by atoms with E-state index in [0.717, 1.165) is 23.5 Å². The monoisotopic (exact) mass is 394 g/mol. The molecule has 0 unspecified atom stereocenters. The van der Waals surface area contributed by atoms with Gasteiger partial charge in [0.15, 0.2) is 11.6 Å². The van der Waals surface area contributed by atoms with Crippen molar-refractivity contribution in [2.75, 3.05) is 10.9 Å². The number of anilines is 2. The normalized spacial score (nSPS) is 11.2. The number of hydrogen-bond acceptors (Lipinski definition) is 7. The maximum absolute atomic E-state index is 13.8. The van der Waals surface area contributed by atoms with Gasteiger partial charge in [-0.1, -0.05) is 29.8 Å². The summed E-state index contributed by atoms with van der Waals surface area (Å²) in [5.41, 5.74) is 5.39. The van der Waals surface area contributed by atoms with Crippen molar-refractivity contribution in [2.45, 2.75) is 19.7 Å². The van der Waals surface area contributed by atoms with E-state index in [-0.39, 0.29) is 18.4 Å². The Hall–Kier alpha value is -3.50. The van der Waals surface area contributed by atoms with Crippen molar-refractivity contribution in [2.24, 2.45) is 0 Å². The van der Waals surface area contributed by atoms with Crippen LogP contribution in [0.1, 0.15) is 16.8 Å². The molecule has 2 heterocycles. The van der Waals surface area contributed by atoms with Crippen LogP contribution in [0.2, 0.25) is 0 Å². The summed E-state index contributed by atoms with van der Waals surface area (Å²) in [5, 5.41) is 0. The van der Waals surface area contributed by atoms with E-state index in [1.54, 1.807) is 0 Å². The molecular weight excluding hydrogens is 380 g/mol. The van der Waals surface area contributed by atoms with Crippen LogP contribution in [0.25, 0.3) is 0 Å². The highest BCUT2D eigenvalue weighted by Gasteiger charge is 2.32. The van der Waals surface area contributed by atoms with Gasteiger partial charge in [0.2, 0.25) is 5.95 Å². The van der Waals surface area contributed by atoms with Crippen LogP contribution in [0.15, 0.2) is 42.7 Å². The van der Waals surface area contributed by atoms with Crippen molar-refractivity contribution in [1.82, 2.24) is 19.9 Å². The first-order valence-corrected chi connectivity index (χ1v) is 7.94. The molecule has 0 aliphatic carbocycles. The molecule has 2 N–H and O–H groups in total. The van der Waals surface area contributed by atoms with Crippen LogP contribution in [-0.2, 0) is 12.8 Å². The Morgan fingerprint density at radius 3 is 2.46 bits per heavy atom. The number of hydrogen-bond donors (Lipinski definition) is 2. The SMILES string of the molecule is Cc1ccc(COc2ncc(F)c(NNc3nccc(C(F)(F)F)n3)n2)cc1. The minimum absolute atomic E-state index is 0.115. The fraction of sp³-hybridized carbons (Fsp3) is 0.176. The highest BCUT2D eigenvalue weighted by atomic mass is 19.4. The molecule has 3 rings (SSSR count). The van der Waals surface area contributed by atoms with E-state index in [4.69, 9.17) is 4.74 Å². The zero-order chi connectivity index (χ0) is 20.1. The Bertz CT molecular complexity index is 949. The smallest absolute Gasteiger partial charge is 0.433 e. The number of rotatable bonds is 6. The van der Waals surface area contributed by atoms with Gasteiger partial charge in [0.05, 0.1) is 6.20 Å². The number of nitrogens with one attached hydrogen (secondary N) is 2. The molecule has 0 aliphatic heterocycles. The lowest BCUT2D eigenvalue weighted by Gasteiger charge is -2.11. The minimum Gasteiger partial charge on any atom is -0.459 e. The van der Waals surface area contributed by atoms with Gasteiger partial charge in [0.25, 0.3) is 0 Å². The first kappa shape index (κ1) is 19.3. The molecule has 146 valence electrons. The van der Waals surface area contributed by atoms with E-state index in [9.17, 15) is 17.6 Å². The zero-order valence-electron chi connectivity index (χ0n) is 14.5. The highest BCUT2D eigenvalue weighted by molar-refractivity contribution is 5.42. The lowest BCUT2D eigenvalue weighted by atomic mass is 10.2. The summed E-state index contributed by atoms with van der Waals surface area (Å²) in [6.45, 7) is 2.11. The van der Waals surface area contributed by atoms with Crippen molar-refractivity contribution < 1.29 is 22.3 Å². The van der Waals surface area contributed by atoms with Crippen molar-refractivity contribution in [3.8, 4) is 6.01 Å².